The standard InChI is InChI=1S/C56H91NO7/c1-6-8-10-12-14-16-18-20-22-24-25-26-27-28-29-31-32-34-36-38-40-42-44-46-54(58)63-51-52(50-62-49-48-53(56(60)61)57(3,4)5)64-55(59)47-45-43-41-39-37-35-33-30-23-21-19-17-15-13-11-9-7-2/h8-11,14-17,20-23,25-26,33,35,39,41,52-53H,6-7,12-13,18-19,24,27-32,34,36-38,40,42-51H2,1-5H3/p+1/b10-8-,11-9-,16-14-,17-15-,22-20-,23-21-,26-25-,35-33-,41-39-. The van der Waals surface area contributed by atoms with Gasteiger partial charge in [-0.1, -0.05) is 175 Å². The van der Waals surface area contributed by atoms with Gasteiger partial charge in [-0.2, -0.15) is 0 Å². The van der Waals surface area contributed by atoms with Gasteiger partial charge in [-0.15, -0.1) is 0 Å². The largest absolute Gasteiger partial charge is 0.477 e. The number of allylic oxidation sites excluding steroid dienone is 18. The molecule has 8 heteroatoms. The molecule has 0 aromatic heterocycles. The van der Waals surface area contributed by atoms with E-state index < -0.39 is 18.1 Å². The summed E-state index contributed by atoms with van der Waals surface area (Å²) in [6.07, 6.45) is 62.9. The smallest absolute Gasteiger partial charge is 0.362 e. The third kappa shape index (κ3) is 43.3. The minimum atomic E-state index is -0.889. The Kier molecular flexibility index (Phi) is 42.7. The Hall–Kier alpha value is -4.01. The molecule has 1 N–H and O–H groups in total. The Labute approximate surface area is 391 Å². The molecular formula is C56H92NO7+. The molecular weight excluding hydrogens is 799 g/mol. The van der Waals surface area contributed by atoms with Crippen LogP contribution in [0, 0.1) is 0 Å². The van der Waals surface area contributed by atoms with E-state index in [4.69, 9.17) is 14.2 Å². The van der Waals surface area contributed by atoms with Crippen molar-refractivity contribution in [1.29, 1.82) is 0 Å². The first kappa shape index (κ1) is 60.0. The van der Waals surface area contributed by atoms with E-state index in [1.54, 1.807) is 0 Å². The number of carbonyl (C=O) groups is 3. The van der Waals surface area contributed by atoms with Gasteiger partial charge < -0.3 is 23.8 Å². The zero-order valence-corrected chi connectivity index (χ0v) is 41.2. The number of rotatable bonds is 43. The Morgan fingerprint density at radius 1 is 0.469 bits per heavy atom. The number of ether oxygens (including phenoxy) is 3. The number of carbonyl (C=O) groups excluding carboxylic acids is 2. The summed E-state index contributed by atoms with van der Waals surface area (Å²) in [6.45, 7) is 4.43. The highest BCUT2D eigenvalue weighted by Gasteiger charge is 2.31. The molecule has 0 saturated carbocycles. The van der Waals surface area contributed by atoms with Gasteiger partial charge in [-0.25, -0.2) is 4.79 Å². The normalized spacial score (nSPS) is 13.8. The van der Waals surface area contributed by atoms with E-state index >= 15 is 0 Å². The Morgan fingerprint density at radius 3 is 1.27 bits per heavy atom. The number of carboxylic acid groups (broad SMARTS) is 1. The molecule has 0 aliphatic carbocycles. The van der Waals surface area contributed by atoms with Gasteiger partial charge >= 0.3 is 17.9 Å². The molecule has 0 saturated heterocycles. The molecule has 2 atom stereocenters. The quantitative estimate of drug-likeness (QED) is 0.0282. The number of nitrogens with zero attached hydrogens (tertiary/aromatic N) is 1. The van der Waals surface area contributed by atoms with Crippen LogP contribution in [0.2, 0.25) is 0 Å². The van der Waals surface area contributed by atoms with E-state index in [1.165, 1.54) is 51.4 Å². The first-order valence-electron chi connectivity index (χ1n) is 24.9. The molecule has 0 heterocycles. The number of aliphatic carboxylic acids is 1. The summed E-state index contributed by atoms with van der Waals surface area (Å²) in [7, 11) is 5.50. The third-order valence-corrected chi connectivity index (χ3v) is 10.4. The molecule has 0 spiro atoms. The average molecular weight is 891 g/mol. The van der Waals surface area contributed by atoms with Crippen molar-refractivity contribution < 1.29 is 38.2 Å². The Morgan fingerprint density at radius 2 is 0.844 bits per heavy atom. The number of carboxylic acids is 1. The Balaban J connectivity index is 4.34. The number of esters is 2. The van der Waals surface area contributed by atoms with Crippen molar-refractivity contribution in [2.75, 3.05) is 41.0 Å². The van der Waals surface area contributed by atoms with Crippen LogP contribution in [0.15, 0.2) is 109 Å². The molecule has 2 unspecified atom stereocenters. The van der Waals surface area contributed by atoms with Gasteiger partial charge in [-0.05, 0) is 89.9 Å². The van der Waals surface area contributed by atoms with Crippen molar-refractivity contribution >= 4 is 17.9 Å². The number of likely N-dealkylation sites (N-methyl/N-ethyl adjacent to an activating group) is 1. The molecule has 64 heavy (non-hydrogen) atoms. The predicted molar refractivity (Wildman–Crippen MR) is 270 cm³/mol. The highest BCUT2D eigenvalue weighted by atomic mass is 16.6. The highest BCUT2D eigenvalue weighted by Crippen LogP contribution is 2.14. The van der Waals surface area contributed by atoms with E-state index in [9.17, 15) is 19.5 Å². The van der Waals surface area contributed by atoms with E-state index in [1.807, 2.05) is 21.1 Å². The van der Waals surface area contributed by atoms with Gasteiger partial charge in [-0.3, -0.25) is 9.59 Å². The summed E-state index contributed by atoms with van der Waals surface area (Å²) in [4.78, 5) is 37.1. The number of unbranched alkanes of at least 4 members (excludes halogenated alkanes) is 11. The average Bonchev–Trinajstić information content (AvgIpc) is 3.26. The summed E-state index contributed by atoms with van der Waals surface area (Å²) in [6, 6.07) is -0.632. The maximum atomic E-state index is 12.8. The molecule has 362 valence electrons. The van der Waals surface area contributed by atoms with Crippen LogP contribution >= 0.6 is 0 Å². The molecule has 0 aliphatic rings. The molecule has 0 rings (SSSR count). The van der Waals surface area contributed by atoms with Crippen molar-refractivity contribution in [3.63, 3.8) is 0 Å². The molecule has 0 aliphatic heterocycles. The maximum Gasteiger partial charge on any atom is 0.362 e. The lowest BCUT2D eigenvalue weighted by molar-refractivity contribution is -0.887. The number of hydrogen-bond donors (Lipinski definition) is 1. The van der Waals surface area contributed by atoms with E-state index in [0.29, 0.717) is 19.3 Å². The third-order valence-electron chi connectivity index (χ3n) is 10.4. The molecule has 0 amide bonds. The Bertz CT molecular complexity index is 1410. The SMILES string of the molecule is CC/C=C\C/C=C\C/C=C\C/C=C\C/C=C\CCCC(=O)OC(COCCC(C(=O)O)[N+](C)(C)C)COC(=O)CCCCCCCCCCCC/C=C\C/C=C\C/C=C\C/C=C\CC. The highest BCUT2D eigenvalue weighted by molar-refractivity contribution is 5.72. The molecule has 8 nitrogen and oxygen atoms in total. The zero-order chi connectivity index (χ0) is 47.0. The van der Waals surface area contributed by atoms with Crippen LogP contribution in [-0.2, 0) is 28.6 Å². The molecule has 0 aromatic rings. The fourth-order valence-corrected chi connectivity index (χ4v) is 6.65. The fraction of sp³-hybridized carbons (Fsp3) is 0.625. The monoisotopic (exact) mass is 891 g/mol. The summed E-state index contributed by atoms with van der Waals surface area (Å²) in [5.41, 5.74) is 0. The lowest BCUT2D eigenvalue weighted by Gasteiger charge is -2.31. The minimum absolute atomic E-state index is 0.0303. The van der Waals surface area contributed by atoms with Crippen molar-refractivity contribution in [3.8, 4) is 0 Å². The van der Waals surface area contributed by atoms with E-state index in [0.717, 1.165) is 83.5 Å². The maximum absolute atomic E-state index is 12.8. The van der Waals surface area contributed by atoms with Gasteiger partial charge in [0.15, 0.2) is 12.1 Å². The molecule has 0 aromatic carbocycles. The van der Waals surface area contributed by atoms with Crippen molar-refractivity contribution in [2.24, 2.45) is 0 Å². The number of hydrogen-bond acceptors (Lipinski definition) is 6. The van der Waals surface area contributed by atoms with Crippen LogP contribution < -0.4 is 0 Å². The van der Waals surface area contributed by atoms with E-state index in [2.05, 4.69) is 123 Å². The second kappa shape index (κ2) is 45.6. The molecule has 0 fully saturated rings. The first-order valence-corrected chi connectivity index (χ1v) is 24.9. The lowest BCUT2D eigenvalue weighted by atomic mass is 10.1. The number of quaternary nitrogens is 1. The lowest BCUT2D eigenvalue weighted by Crippen LogP contribution is -2.50. The summed E-state index contributed by atoms with van der Waals surface area (Å²) in [5.74, 6) is -1.56. The van der Waals surface area contributed by atoms with Crippen LogP contribution in [-0.4, -0.2) is 80.6 Å². The van der Waals surface area contributed by atoms with Gasteiger partial charge in [0.2, 0.25) is 0 Å². The molecule has 0 radical (unpaired) electrons. The minimum Gasteiger partial charge on any atom is -0.477 e. The van der Waals surface area contributed by atoms with Crippen LogP contribution in [0.5, 0.6) is 0 Å². The van der Waals surface area contributed by atoms with Crippen LogP contribution in [0.4, 0.5) is 0 Å². The van der Waals surface area contributed by atoms with Crippen LogP contribution in [0.3, 0.4) is 0 Å². The van der Waals surface area contributed by atoms with Crippen molar-refractivity contribution in [2.45, 2.75) is 187 Å². The predicted octanol–water partition coefficient (Wildman–Crippen LogP) is 14.4. The second-order valence-electron chi connectivity index (χ2n) is 17.3. The van der Waals surface area contributed by atoms with Gasteiger partial charge in [0.1, 0.15) is 6.61 Å². The van der Waals surface area contributed by atoms with Gasteiger partial charge in [0.05, 0.1) is 34.4 Å². The summed E-state index contributed by atoms with van der Waals surface area (Å²) < 4.78 is 17.3. The zero-order valence-electron chi connectivity index (χ0n) is 41.2. The van der Waals surface area contributed by atoms with Crippen LogP contribution in [0.1, 0.15) is 174 Å². The van der Waals surface area contributed by atoms with E-state index in [-0.39, 0.29) is 42.7 Å². The van der Waals surface area contributed by atoms with Crippen molar-refractivity contribution in [3.05, 3.63) is 109 Å². The topological polar surface area (TPSA) is 99.1 Å². The fourth-order valence-electron chi connectivity index (χ4n) is 6.65. The van der Waals surface area contributed by atoms with Gasteiger partial charge in [0.25, 0.3) is 0 Å². The van der Waals surface area contributed by atoms with Crippen molar-refractivity contribution in [1.82, 2.24) is 0 Å². The second-order valence-corrected chi connectivity index (χ2v) is 17.3. The van der Waals surface area contributed by atoms with Gasteiger partial charge in [0, 0.05) is 19.3 Å². The van der Waals surface area contributed by atoms with Crippen LogP contribution in [0.25, 0.3) is 0 Å². The summed E-state index contributed by atoms with van der Waals surface area (Å²) in [5, 5.41) is 9.65. The molecule has 0 bridgehead atoms. The first-order chi connectivity index (χ1) is 31.1. The summed E-state index contributed by atoms with van der Waals surface area (Å²) >= 11 is 0.